The van der Waals surface area contributed by atoms with Gasteiger partial charge in [-0.1, -0.05) is 6.92 Å². The minimum Gasteiger partial charge on any atom is -0.207 e. The normalized spacial score (nSPS) is 9.90. The van der Waals surface area contributed by atoms with Crippen LogP contribution >= 0.6 is 12.6 Å². The molecule has 0 atom stereocenters. The van der Waals surface area contributed by atoms with Gasteiger partial charge >= 0.3 is 0 Å². The van der Waals surface area contributed by atoms with Gasteiger partial charge in [-0.05, 0) is 30.2 Å². The van der Waals surface area contributed by atoms with Gasteiger partial charge in [0, 0.05) is 4.90 Å². The molecule has 2 heteroatoms. The molecule has 54 valence electrons. The molecular formula is C8H9FS. The fraction of sp³-hybridized carbons (Fsp3) is 0.250. The van der Waals surface area contributed by atoms with Gasteiger partial charge in [0.15, 0.2) is 0 Å². The van der Waals surface area contributed by atoms with Crippen molar-refractivity contribution in [3.05, 3.63) is 29.6 Å². The Morgan fingerprint density at radius 3 is 2.60 bits per heavy atom. The third-order valence-corrected chi connectivity index (χ3v) is 1.61. The maximum atomic E-state index is 12.6. The zero-order valence-corrected chi connectivity index (χ0v) is 6.66. The number of thiol groups is 1. The predicted octanol–water partition coefficient (Wildman–Crippen LogP) is 2.68. The van der Waals surface area contributed by atoms with E-state index >= 15 is 0 Å². The Morgan fingerprint density at radius 1 is 1.40 bits per heavy atom. The van der Waals surface area contributed by atoms with Crippen LogP contribution in [0, 0.1) is 5.82 Å². The molecule has 0 saturated heterocycles. The third-order valence-electron chi connectivity index (χ3n) is 1.35. The number of aryl methyl sites for hydroxylation is 1. The second kappa shape index (κ2) is 3.06. The summed E-state index contributed by atoms with van der Waals surface area (Å²) in [5.41, 5.74) is 0.991. The third kappa shape index (κ3) is 1.74. The molecule has 0 saturated carbocycles. The van der Waals surface area contributed by atoms with Gasteiger partial charge < -0.3 is 0 Å². The Kier molecular flexibility index (Phi) is 2.33. The van der Waals surface area contributed by atoms with E-state index in [9.17, 15) is 4.39 Å². The molecule has 0 nitrogen and oxygen atoms in total. The van der Waals surface area contributed by atoms with E-state index in [0.29, 0.717) is 4.90 Å². The zero-order valence-electron chi connectivity index (χ0n) is 5.76. The van der Waals surface area contributed by atoms with Crippen molar-refractivity contribution in [3.63, 3.8) is 0 Å². The molecule has 0 aromatic heterocycles. The molecule has 0 aliphatic carbocycles. The summed E-state index contributed by atoms with van der Waals surface area (Å²) in [5.74, 6) is -0.204. The van der Waals surface area contributed by atoms with Crippen molar-refractivity contribution in [1.82, 2.24) is 0 Å². The summed E-state index contributed by atoms with van der Waals surface area (Å²) in [6, 6.07) is 4.80. The molecule has 10 heavy (non-hydrogen) atoms. The van der Waals surface area contributed by atoms with E-state index in [1.54, 1.807) is 0 Å². The zero-order chi connectivity index (χ0) is 7.56. The second-order valence-corrected chi connectivity index (χ2v) is 2.69. The van der Waals surface area contributed by atoms with Crippen LogP contribution in [0.2, 0.25) is 0 Å². The predicted molar refractivity (Wildman–Crippen MR) is 43.0 cm³/mol. The Bertz CT molecular complexity index is 212. The lowest BCUT2D eigenvalue weighted by Crippen LogP contribution is -1.82. The molecule has 1 aromatic carbocycles. The van der Waals surface area contributed by atoms with Gasteiger partial charge in [-0.25, -0.2) is 4.39 Å². The van der Waals surface area contributed by atoms with Gasteiger partial charge in [0.2, 0.25) is 0 Å². The standard InChI is InChI=1S/C8H9FS/c1-2-6-3-7(9)5-8(10)4-6/h3-5,10H,2H2,1H3. The topological polar surface area (TPSA) is 0 Å². The van der Waals surface area contributed by atoms with Crippen molar-refractivity contribution < 1.29 is 4.39 Å². The van der Waals surface area contributed by atoms with E-state index in [4.69, 9.17) is 0 Å². The quantitative estimate of drug-likeness (QED) is 0.594. The van der Waals surface area contributed by atoms with E-state index in [0.717, 1.165) is 12.0 Å². The number of benzene rings is 1. The monoisotopic (exact) mass is 156 g/mol. The summed E-state index contributed by atoms with van der Waals surface area (Å²) in [7, 11) is 0. The summed E-state index contributed by atoms with van der Waals surface area (Å²) >= 11 is 4.04. The average Bonchev–Trinajstić information content (AvgIpc) is 1.85. The molecule has 0 amide bonds. The molecule has 1 rings (SSSR count). The Morgan fingerprint density at radius 2 is 2.10 bits per heavy atom. The van der Waals surface area contributed by atoms with Crippen LogP contribution in [0.25, 0.3) is 0 Å². The minimum atomic E-state index is -0.204. The Balaban J connectivity index is 3.06. The summed E-state index contributed by atoms with van der Waals surface area (Å²) < 4.78 is 12.6. The van der Waals surface area contributed by atoms with Crippen LogP contribution in [-0.4, -0.2) is 0 Å². The van der Waals surface area contributed by atoms with Crippen molar-refractivity contribution in [2.45, 2.75) is 18.2 Å². The highest BCUT2D eigenvalue weighted by Crippen LogP contribution is 2.12. The van der Waals surface area contributed by atoms with Crippen LogP contribution in [-0.2, 0) is 6.42 Å². The van der Waals surface area contributed by atoms with Crippen LogP contribution in [0.5, 0.6) is 0 Å². The fourth-order valence-electron chi connectivity index (χ4n) is 0.837. The molecular weight excluding hydrogens is 147 g/mol. The molecule has 0 N–H and O–H groups in total. The maximum absolute atomic E-state index is 12.6. The SMILES string of the molecule is CCc1cc(F)cc(S)c1. The Hall–Kier alpha value is -0.500. The second-order valence-electron chi connectivity index (χ2n) is 2.17. The van der Waals surface area contributed by atoms with Crippen LogP contribution < -0.4 is 0 Å². The highest BCUT2D eigenvalue weighted by Gasteiger charge is 1.94. The average molecular weight is 156 g/mol. The van der Waals surface area contributed by atoms with Crippen molar-refractivity contribution >= 4 is 12.6 Å². The van der Waals surface area contributed by atoms with Gasteiger partial charge in [-0.3, -0.25) is 0 Å². The van der Waals surface area contributed by atoms with Crippen molar-refractivity contribution in [2.24, 2.45) is 0 Å². The maximum Gasteiger partial charge on any atom is 0.124 e. The molecule has 1 aromatic rings. The van der Waals surface area contributed by atoms with Gasteiger partial charge in [-0.15, -0.1) is 12.6 Å². The fourth-order valence-corrected chi connectivity index (χ4v) is 1.13. The molecule has 0 aliphatic rings. The van der Waals surface area contributed by atoms with Crippen LogP contribution in [0.3, 0.4) is 0 Å². The van der Waals surface area contributed by atoms with E-state index in [-0.39, 0.29) is 5.82 Å². The lowest BCUT2D eigenvalue weighted by molar-refractivity contribution is 0.622. The van der Waals surface area contributed by atoms with Crippen LogP contribution in [0.1, 0.15) is 12.5 Å². The Labute approximate surface area is 65.5 Å². The smallest absolute Gasteiger partial charge is 0.124 e. The van der Waals surface area contributed by atoms with Gasteiger partial charge in [0.05, 0.1) is 0 Å². The molecule has 0 radical (unpaired) electrons. The highest BCUT2D eigenvalue weighted by molar-refractivity contribution is 7.80. The molecule has 0 heterocycles. The number of hydrogen-bond acceptors (Lipinski definition) is 1. The summed E-state index contributed by atoms with van der Waals surface area (Å²) in [6.07, 6.45) is 0.852. The van der Waals surface area contributed by atoms with Gasteiger partial charge in [0.1, 0.15) is 5.82 Å². The van der Waals surface area contributed by atoms with E-state index in [1.807, 2.05) is 13.0 Å². The molecule has 0 fully saturated rings. The number of halogens is 1. The van der Waals surface area contributed by atoms with Gasteiger partial charge in [-0.2, -0.15) is 0 Å². The molecule has 0 aliphatic heterocycles. The van der Waals surface area contributed by atoms with Crippen LogP contribution in [0.4, 0.5) is 4.39 Å². The number of rotatable bonds is 1. The lowest BCUT2D eigenvalue weighted by atomic mass is 10.2. The van der Waals surface area contributed by atoms with E-state index in [1.165, 1.54) is 12.1 Å². The van der Waals surface area contributed by atoms with Crippen molar-refractivity contribution in [2.75, 3.05) is 0 Å². The summed E-state index contributed by atoms with van der Waals surface area (Å²) in [4.78, 5) is 0.692. The lowest BCUT2D eigenvalue weighted by Gasteiger charge is -1.97. The minimum absolute atomic E-state index is 0.204. The largest absolute Gasteiger partial charge is 0.207 e. The first-order valence-corrected chi connectivity index (χ1v) is 3.65. The summed E-state index contributed by atoms with van der Waals surface area (Å²) in [5, 5.41) is 0. The van der Waals surface area contributed by atoms with Crippen LogP contribution in [0.15, 0.2) is 23.1 Å². The number of hydrogen-bond donors (Lipinski definition) is 1. The van der Waals surface area contributed by atoms with E-state index in [2.05, 4.69) is 12.6 Å². The summed E-state index contributed by atoms with van der Waals surface area (Å²) in [6.45, 7) is 1.99. The molecule has 0 unspecified atom stereocenters. The first-order valence-electron chi connectivity index (χ1n) is 3.21. The first-order chi connectivity index (χ1) is 4.72. The first kappa shape index (κ1) is 7.61. The van der Waals surface area contributed by atoms with Crippen molar-refractivity contribution in [3.8, 4) is 0 Å². The van der Waals surface area contributed by atoms with E-state index < -0.39 is 0 Å². The molecule has 0 bridgehead atoms. The highest BCUT2D eigenvalue weighted by atomic mass is 32.1. The molecule has 0 spiro atoms. The van der Waals surface area contributed by atoms with Gasteiger partial charge in [0.25, 0.3) is 0 Å². The van der Waals surface area contributed by atoms with Crippen molar-refractivity contribution in [1.29, 1.82) is 0 Å².